The zero-order valence-corrected chi connectivity index (χ0v) is 11.5. The number of thiophene rings is 1. The van der Waals surface area contributed by atoms with Crippen LogP contribution in [-0.2, 0) is 4.79 Å². The average Bonchev–Trinajstić information content (AvgIpc) is 2.93. The lowest BCUT2D eigenvalue weighted by Crippen LogP contribution is -2.39. The van der Waals surface area contributed by atoms with E-state index < -0.39 is 0 Å². The van der Waals surface area contributed by atoms with Gasteiger partial charge in [-0.25, -0.2) is 0 Å². The van der Waals surface area contributed by atoms with Crippen LogP contribution < -0.4 is 5.32 Å². The Morgan fingerprint density at radius 3 is 2.71 bits per heavy atom. The van der Waals surface area contributed by atoms with E-state index in [1.165, 1.54) is 4.88 Å². The minimum absolute atomic E-state index is 0.0669. The van der Waals surface area contributed by atoms with Crippen molar-refractivity contribution < 1.29 is 4.79 Å². The minimum Gasteiger partial charge on any atom is -0.318 e. The van der Waals surface area contributed by atoms with Crippen LogP contribution in [0.15, 0.2) is 17.5 Å². The van der Waals surface area contributed by atoms with Crippen molar-refractivity contribution in [3.63, 3.8) is 0 Å². The van der Waals surface area contributed by atoms with Crippen LogP contribution in [0.5, 0.6) is 0 Å². The molecular formula is C13H20N2OS. The maximum absolute atomic E-state index is 12.2. The predicted molar refractivity (Wildman–Crippen MR) is 70.9 cm³/mol. The van der Waals surface area contributed by atoms with Gasteiger partial charge in [0.25, 0.3) is 0 Å². The smallest absolute Gasteiger partial charge is 0.241 e. The fourth-order valence-corrected chi connectivity index (χ4v) is 3.26. The molecule has 1 saturated heterocycles. The molecule has 0 aliphatic carbocycles. The largest absolute Gasteiger partial charge is 0.318 e. The summed E-state index contributed by atoms with van der Waals surface area (Å²) in [7, 11) is 0. The Hall–Kier alpha value is -0.870. The molecule has 1 amide bonds. The highest BCUT2D eigenvalue weighted by atomic mass is 32.1. The molecule has 1 aliphatic rings. The number of nitrogens with one attached hydrogen (secondary N) is 1. The number of hydrogen-bond acceptors (Lipinski definition) is 3. The molecule has 1 aliphatic heterocycles. The SMILES string of the molecule is CCC(CC)N1C(=O)C(C)NC1c1cccs1. The summed E-state index contributed by atoms with van der Waals surface area (Å²) in [5.74, 6) is 0.233. The van der Waals surface area contributed by atoms with Gasteiger partial charge in [-0.05, 0) is 31.2 Å². The Labute approximate surface area is 107 Å². The van der Waals surface area contributed by atoms with Crippen LogP contribution in [0.3, 0.4) is 0 Å². The van der Waals surface area contributed by atoms with Gasteiger partial charge in [0.2, 0.25) is 5.91 Å². The molecule has 0 aromatic carbocycles. The summed E-state index contributed by atoms with van der Waals surface area (Å²) >= 11 is 1.71. The zero-order chi connectivity index (χ0) is 12.4. The Morgan fingerprint density at radius 1 is 1.47 bits per heavy atom. The molecule has 0 radical (unpaired) electrons. The highest BCUT2D eigenvalue weighted by molar-refractivity contribution is 7.10. The van der Waals surface area contributed by atoms with Gasteiger partial charge >= 0.3 is 0 Å². The normalized spacial score (nSPS) is 24.9. The fourth-order valence-electron chi connectivity index (χ4n) is 2.48. The Balaban J connectivity index is 2.28. The maximum Gasteiger partial charge on any atom is 0.241 e. The maximum atomic E-state index is 12.2. The molecule has 1 aromatic heterocycles. The van der Waals surface area contributed by atoms with Gasteiger partial charge in [0.15, 0.2) is 0 Å². The standard InChI is InChI=1S/C13H20N2OS/c1-4-10(5-2)15-12(11-7-6-8-17-11)14-9(3)13(15)16/h6-10,12,14H,4-5H2,1-3H3. The van der Waals surface area contributed by atoms with Gasteiger partial charge in [-0.2, -0.15) is 0 Å². The van der Waals surface area contributed by atoms with Crippen molar-refractivity contribution >= 4 is 17.2 Å². The van der Waals surface area contributed by atoms with Crippen LogP contribution in [0, 0.1) is 0 Å². The molecule has 2 atom stereocenters. The van der Waals surface area contributed by atoms with E-state index in [0.717, 1.165) is 12.8 Å². The number of carbonyl (C=O) groups excluding carboxylic acids is 1. The van der Waals surface area contributed by atoms with Crippen molar-refractivity contribution in [1.82, 2.24) is 10.2 Å². The number of rotatable bonds is 4. The van der Waals surface area contributed by atoms with Gasteiger partial charge in [0.05, 0.1) is 6.04 Å². The van der Waals surface area contributed by atoms with E-state index in [1.54, 1.807) is 11.3 Å². The molecule has 2 heterocycles. The number of nitrogens with zero attached hydrogens (tertiary/aromatic N) is 1. The van der Waals surface area contributed by atoms with E-state index in [0.29, 0.717) is 6.04 Å². The zero-order valence-electron chi connectivity index (χ0n) is 10.6. The minimum atomic E-state index is -0.0669. The summed E-state index contributed by atoms with van der Waals surface area (Å²) < 4.78 is 0. The third-order valence-electron chi connectivity index (χ3n) is 3.46. The number of carbonyl (C=O) groups is 1. The molecule has 2 rings (SSSR count). The third kappa shape index (κ3) is 2.24. The summed E-state index contributed by atoms with van der Waals surface area (Å²) in [6.07, 6.45) is 2.10. The van der Waals surface area contributed by atoms with Crippen LogP contribution in [0.2, 0.25) is 0 Å². The van der Waals surface area contributed by atoms with Crippen molar-refractivity contribution in [3.05, 3.63) is 22.4 Å². The molecule has 3 nitrogen and oxygen atoms in total. The molecule has 0 saturated carbocycles. The Kier molecular flexibility index (Phi) is 3.84. The summed E-state index contributed by atoms with van der Waals surface area (Å²) in [4.78, 5) is 15.5. The quantitative estimate of drug-likeness (QED) is 0.893. The van der Waals surface area contributed by atoms with E-state index in [-0.39, 0.29) is 18.1 Å². The van der Waals surface area contributed by atoms with Gasteiger partial charge < -0.3 is 4.90 Å². The molecule has 2 unspecified atom stereocenters. The van der Waals surface area contributed by atoms with Gasteiger partial charge in [0, 0.05) is 10.9 Å². The first-order chi connectivity index (χ1) is 8.19. The van der Waals surface area contributed by atoms with Crippen molar-refractivity contribution in [2.45, 2.75) is 51.9 Å². The van der Waals surface area contributed by atoms with Gasteiger partial charge in [0.1, 0.15) is 6.17 Å². The molecule has 1 fully saturated rings. The monoisotopic (exact) mass is 252 g/mol. The van der Waals surface area contributed by atoms with Gasteiger partial charge in [-0.3, -0.25) is 10.1 Å². The van der Waals surface area contributed by atoms with Gasteiger partial charge in [-0.15, -0.1) is 11.3 Å². The third-order valence-corrected chi connectivity index (χ3v) is 4.38. The lowest BCUT2D eigenvalue weighted by Gasteiger charge is -2.31. The molecule has 0 spiro atoms. The van der Waals surface area contributed by atoms with E-state index >= 15 is 0 Å². The first kappa shape index (κ1) is 12.6. The lowest BCUT2D eigenvalue weighted by molar-refractivity contribution is -0.132. The second-order valence-electron chi connectivity index (χ2n) is 4.52. The van der Waals surface area contributed by atoms with Crippen molar-refractivity contribution in [2.75, 3.05) is 0 Å². The molecular weight excluding hydrogens is 232 g/mol. The van der Waals surface area contributed by atoms with Crippen LogP contribution in [0.25, 0.3) is 0 Å². The summed E-state index contributed by atoms with van der Waals surface area (Å²) in [6, 6.07) is 4.42. The molecule has 94 valence electrons. The highest BCUT2D eigenvalue weighted by Crippen LogP contribution is 2.31. The number of amides is 1. The first-order valence-electron chi connectivity index (χ1n) is 6.30. The number of hydrogen-bond donors (Lipinski definition) is 1. The molecule has 17 heavy (non-hydrogen) atoms. The molecule has 0 bridgehead atoms. The van der Waals surface area contributed by atoms with Gasteiger partial charge in [-0.1, -0.05) is 19.9 Å². The molecule has 1 aromatic rings. The van der Waals surface area contributed by atoms with Crippen molar-refractivity contribution in [1.29, 1.82) is 0 Å². The van der Waals surface area contributed by atoms with Crippen LogP contribution in [-0.4, -0.2) is 22.9 Å². The second kappa shape index (κ2) is 5.19. The summed E-state index contributed by atoms with van der Waals surface area (Å²) in [5, 5.41) is 5.46. The molecule has 4 heteroatoms. The van der Waals surface area contributed by atoms with E-state index in [1.807, 2.05) is 17.9 Å². The molecule has 1 N–H and O–H groups in total. The van der Waals surface area contributed by atoms with E-state index in [2.05, 4.69) is 30.6 Å². The average molecular weight is 252 g/mol. The lowest BCUT2D eigenvalue weighted by atomic mass is 10.1. The Morgan fingerprint density at radius 2 is 2.18 bits per heavy atom. The highest BCUT2D eigenvalue weighted by Gasteiger charge is 2.40. The van der Waals surface area contributed by atoms with E-state index in [4.69, 9.17) is 0 Å². The van der Waals surface area contributed by atoms with Crippen LogP contribution in [0.1, 0.15) is 44.7 Å². The van der Waals surface area contributed by atoms with Crippen LogP contribution >= 0.6 is 11.3 Å². The van der Waals surface area contributed by atoms with Crippen molar-refractivity contribution in [2.24, 2.45) is 0 Å². The second-order valence-corrected chi connectivity index (χ2v) is 5.50. The fraction of sp³-hybridized carbons (Fsp3) is 0.615. The summed E-state index contributed by atoms with van der Waals surface area (Å²) in [5.41, 5.74) is 0. The topological polar surface area (TPSA) is 32.3 Å². The Bertz CT molecular complexity index is 373. The predicted octanol–water partition coefficient (Wildman–Crippen LogP) is 2.76. The van der Waals surface area contributed by atoms with Crippen molar-refractivity contribution in [3.8, 4) is 0 Å². The first-order valence-corrected chi connectivity index (χ1v) is 7.18. The summed E-state index contributed by atoms with van der Waals surface area (Å²) in [6.45, 7) is 6.25. The van der Waals surface area contributed by atoms with Crippen LogP contribution in [0.4, 0.5) is 0 Å². The van der Waals surface area contributed by atoms with E-state index in [9.17, 15) is 4.79 Å².